The lowest BCUT2D eigenvalue weighted by Crippen LogP contribution is -2.62. The van der Waals surface area contributed by atoms with Crippen LogP contribution in [0, 0.1) is 0 Å². The molecule has 0 aromatic carbocycles. The molecule has 0 aliphatic heterocycles. The molecule has 0 spiro atoms. The van der Waals surface area contributed by atoms with Crippen LogP contribution in [-0.2, 0) is 14.0 Å². The Kier molecular flexibility index (Phi) is 8.44. The van der Waals surface area contributed by atoms with Gasteiger partial charge in [0.05, 0.1) is 0 Å². The Hall–Kier alpha value is -1.32. The maximum atomic E-state index is 12.5. The van der Waals surface area contributed by atoms with E-state index in [1.807, 2.05) is 0 Å². The normalized spacial score (nSPS) is 15.9. The Labute approximate surface area is 163 Å². The van der Waals surface area contributed by atoms with Gasteiger partial charge in [-0.25, -0.2) is 0 Å². The van der Waals surface area contributed by atoms with Crippen molar-refractivity contribution in [3.05, 3.63) is 0 Å². The molecule has 0 unspecified atom stereocenters. The van der Waals surface area contributed by atoms with Gasteiger partial charge in [-0.1, -0.05) is 0 Å². The lowest BCUT2D eigenvalue weighted by atomic mass is 9.80. The lowest BCUT2D eigenvalue weighted by Gasteiger charge is -2.47. The summed E-state index contributed by atoms with van der Waals surface area (Å²) in [4.78, 5) is 0. The molecule has 22 heteroatoms. The van der Waals surface area contributed by atoms with Crippen molar-refractivity contribution in [2.75, 3.05) is 0 Å². The first kappa shape index (κ1) is 30.7. The number of alkyl halides is 18. The molecule has 0 fully saturated rings. The molecular weight excluding hydrogens is 521 g/mol. The van der Waals surface area contributed by atoms with Crippen molar-refractivity contribution in [2.24, 2.45) is 0 Å². The second-order valence-electron chi connectivity index (χ2n) is 5.79. The highest BCUT2D eigenvalue weighted by atomic mass is 19.4. The second-order valence-corrected chi connectivity index (χ2v) is 5.79. The van der Waals surface area contributed by atoms with Crippen molar-refractivity contribution >= 4 is 6.75 Å². The maximum absolute atomic E-state index is 12.5. The van der Waals surface area contributed by atoms with Gasteiger partial charge in [0.25, 0.3) is 0 Å². The van der Waals surface area contributed by atoms with Crippen molar-refractivity contribution in [3.8, 4) is 0 Å². The summed E-state index contributed by atoms with van der Waals surface area (Å²) in [6, 6.07) is 0. The molecule has 0 saturated carbocycles. The van der Waals surface area contributed by atoms with E-state index in [0.717, 1.165) is 0 Å². The van der Waals surface area contributed by atoms with Gasteiger partial charge in [-0.05, 0) is 0 Å². The summed E-state index contributed by atoms with van der Waals surface area (Å²) in [7, 11) is 0. The number of rotatable bonds is 6. The third-order valence-electron chi connectivity index (χ3n) is 2.93. The molecule has 0 aromatic heterocycles. The van der Waals surface area contributed by atoms with Crippen LogP contribution in [0.3, 0.4) is 0 Å². The van der Waals surface area contributed by atoms with Crippen LogP contribution in [0.5, 0.6) is 0 Å². The van der Waals surface area contributed by atoms with Crippen LogP contribution in [0.1, 0.15) is 0 Å². The molecular formula is C10H6BF18O3-. The van der Waals surface area contributed by atoms with E-state index < -0.39 is 68.9 Å². The molecule has 0 amide bonds. The van der Waals surface area contributed by atoms with Crippen LogP contribution in [0.15, 0.2) is 0 Å². The van der Waals surface area contributed by atoms with E-state index in [2.05, 4.69) is 14.0 Å². The summed E-state index contributed by atoms with van der Waals surface area (Å²) < 4.78 is 234. The third kappa shape index (κ3) is 8.91. The zero-order valence-corrected chi connectivity index (χ0v) is 14.3. The molecule has 0 N–H and O–H groups in total. The van der Waals surface area contributed by atoms with Gasteiger partial charge in [0, 0.05) is 0 Å². The molecule has 32 heavy (non-hydrogen) atoms. The molecule has 0 heterocycles. The van der Waals surface area contributed by atoms with Gasteiger partial charge in [0.2, 0.25) is 18.3 Å². The minimum absolute atomic E-state index is 0.945. The van der Waals surface area contributed by atoms with Crippen molar-refractivity contribution in [3.63, 3.8) is 0 Å². The van der Waals surface area contributed by atoms with Gasteiger partial charge < -0.3 is 14.0 Å². The molecule has 0 aliphatic carbocycles. The first-order valence-electron chi connectivity index (χ1n) is 7.13. The Morgan fingerprint density at radius 3 is 0.594 bits per heavy atom. The second kappa shape index (κ2) is 8.80. The van der Waals surface area contributed by atoms with Crippen LogP contribution in [-0.4, -0.2) is 62.1 Å². The first-order chi connectivity index (χ1) is 13.5. The summed E-state index contributed by atoms with van der Waals surface area (Å²) in [6.07, 6.45) is -57.4. The van der Waals surface area contributed by atoms with E-state index in [-0.39, 0.29) is 0 Å². The zero-order chi connectivity index (χ0) is 26.4. The van der Waals surface area contributed by atoms with E-state index in [4.69, 9.17) is 0 Å². The molecule has 0 radical (unpaired) electrons. The van der Waals surface area contributed by atoms with E-state index >= 15 is 0 Å². The van der Waals surface area contributed by atoms with Gasteiger partial charge in [-0.2, -0.15) is 79.0 Å². The van der Waals surface area contributed by atoms with Crippen LogP contribution in [0.4, 0.5) is 79.0 Å². The fourth-order valence-electron chi connectivity index (χ4n) is 1.86. The number of hydrogen-bond acceptors (Lipinski definition) is 3. The topological polar surface area (TPSA) is 27.7 Å². The molecule has 3 nitrogen and oxygen atoms in total. The van der Waals surface area contributed by atoms with E-state index in [0.29, 0.717) is 0 Å². The lowest BCUT2D eigenvalue weighted by molar-refractivity contribution is -0.342. The van der Waals surface area contributed by atoms with Gasteiger partial charge >= 0.3 is 43.8 Å². The smallest absolute Gasteiger partial charge is 0.419 e. The van der Waals surface area contributed by atoms with E-state index in [1.54, 1.807) is 0 Å². The number of hydrogen-bond donors (Lipinski definition) is 0. The molecule has 0 aromatic rings. The minimum atomic E-state index is -6.81. The molecule has 0 saturated heterocycles. The third-order valence-corrected chi connectivity index (χ3v) is 2.93. The van der Waals surface area contributed by atoms with Crippen LogP contribution >= 0.6 is 0 Å². The zero-order valence-electron chi connectivity index (χ0n) is 14.3. The average molecular weight is 527 g/mol. The van der Waals surface area contributed by atoms with Gasteiger partial charge in [-0.15, -0.1) is 6.82 Å². The monoisotopic (exact) mass is 527 g/mol. The van der Waals surface area contributed by atoms with Gasteiger partial charge in [0.1, 0.15) is 0 Å². The average Bonchev–Trinajstić information content (AvgIpc) is 2.41. The van der Waals surface area contributed by atoms with E-state index in [1.165, 1.54) is 0 Å². The standard InChI is InChI=1S/C10H6BF18O3/c1-11(30-2(5(12,13)14)6(15,16)17,31-3(7(18,19)20)8(21,22)23)32-4(9(24,25)26)10(27,28)29/h2-4H,1H3/q-1. The summed E-state index contributed by atoms with van der Waals surface area (Å²) in [5.41, 5.74) is 0. The largest absolute Gasteiger partial charge is 0.529 e. The molecule has 0 atom stereocenters. The van der Waals surface area contributed by atoms with Crippen LogP contribution < -0.4 is 0 Å². The maximum Gasteiger partial charge on any atom is 0.419 e. The molecule has 0 rings (SSSR count). The first-order valence-corrected chi connectivity index (χ1v) is 7.13. The summed E-state index contributed by atoms with van der Waals surface area (Å²) >= 11 is 0. The summed E-state index contributed by atoms with van der Waals surface area (Å²) in [6.45, 7) is -7.31. The van der Waals surface area contributed by atoms with Gasteiger partial charge in [-0.3, -0.25) is 0 Å². The van der Waals surface area contributed by atoms with Crippen molar-refractivity contribution in [2.45, 2.75) is 62.2 Å². The summed E-state index contributed by atoms with van der Waals surface area (Å²) in [5.74, 6) is 0. The SMILES string of the molecule is C[B-](OC(C(F)(F)F)C(F)(F)F)(OC(C(F)(F)F)C(F)(F)F)OC(C(F)(F)F)C(F)(F)F. The van der Waals surface area contributed by atoms with Crippen LogP contribution in [0.2, 0.25) is 6.82 Å². The highest BCUT2D eigenvalue weighted by Crippen LogP contribution is 2.44. The van der Waals surface area contributed by atoms with Crippen molar-refractivity contribution in [1.82, 2.24) is 0 Å². The fourth-order valence-corrected chi connectivity index (χ4v) is 1.86. The fraction of sp³-hybridized carbons (Fsp3) is 1.00. The van der Waals surface area contributed by atoms with E-state index in [9.17, 15) is 79.0 Å². The van der Waals surface area contributed by atoms with Crippen LogP contribution in [0.25, 0.3) is 0 Å². The highest BCUT2D eigenvalue weighted by molar-refractivity contribution is 6.59. The molecule has 0 aliphatic rings. The Morgan fingerprint density at radius 2 is 0.500 bits per heavy atom. The molecule has 0 bridgehead atoms. The van der Waals surface area contributed by atoms with Crippen molar-refractivity contribution < 1.29 is 93.0 Å². The summed E-state index contributed by atoms with van der Waals surface area (Å²) in [5, 5.41) is 0. The number of halogens is 18. The minimum Gasteiger partial charge on any atom is -0.529 e. The molecule has 194 valence electrons. The Morgan fingerprint density at radius 1 is 0.375 bits per heavy atom. The highest BCUT2D eigenvalue weighted by Gasteiger charge is 2.65. The Balaban J connectivity index is 6.68. The van der Waals surface area contributed by atoms with Gasteiger partial charge in [0.15, 0.2) is 0 Å². The Bertz CT molecular complexity index is 484. The predicted octanol–water partition coefficient (Wildman–Crippen LogP) is 6.08. The predicted molar refractivity (Wildman–Crippen MR) is 62.6 cm³/mol. The van der Waals surface area contributed by atoms with Crippen molar-refractivity contribution in [1.29, 1.82) is 0 Å². The quantitative estimate of drug-likeness (QED) is 0.310.